The molecule has 4 aliphatic rings. The number of anilines is 1. The Morgan fingerprint density at radius 1 is 1.17 bits per heavy atom. The Kier molecular flexibility index (Phi) is 9.11. The van der Waals surface area contributed by atoms with E-state index in [-0.39, 0.29) is 24.0 Å². The van der Waals surface area contributed by atoms with Crippen LogP contribution in [-0.2, 0) is 33.2 Å². The highest BCUT2D eigenvalue weighted by Gasteiger charge is 2.44. The van der Waals surface area contributed by atoms with Crippen LogP contribution in [0, 0.1) is 11.8 Å². The zero-order valence-corrected chi connectivity index (χ0v) is 28.3. The van der Waals surface area contributed by atoms with Crippen LogP contribution >= 0.6 is 11.6 Å². The number of hydrogen-bond donors (Lipinski definition) is 1. The number of halogens is 1. The Bertz CT molecular complexity index is 1740. The van der Waals surface area contributed by atoms with E-state index in [0.29, 0.717) is 55.5 Å². The maximum absolute atomic E-state index is 13.5. The minimum absolute atomic E-state index is 0.175. The highest BCUT2D eigenvalue weighted by molar-refractivity contribution is 7.90. The lowest BCUT2D eigenvalue weighted by Crippen LogP contribution is -2.49. The molecule has 7 rings (SSSR count). The predicted octanol–water partition coefficient (Wildman–Crippen LogP) is 6.60. The monoisotopic (exact) mass is 679 g/mol. The molecule has 1 aromatic heterocycles. The van der Waals surface area contributed by atoms with E-state index in [0.717, 1.165) is 49.4 Å². The summed E-state index contributed by atoms with van der Waals surface area (Å²) < 4.78 is 47.7. The first-order valence-electron chi connectivity index (χ1n) is 16.8. The van der Waals surface area contributed by atoms with Crippen LogP contribution in [0.4, 0.5) is 5.69 Å². The minimum atomic E-state index is -3.90. The van der Waals surface area contributed by atoms with E-state index >= 15 is 0 Å². The molecule has 2 aliphatic heterocycles. The zero-order valence-electron chi connectivity index (χ0n) is 26.7. The van der Waals surface area contributed by atoms with Gasteiger partial charge in [-0.05, 0) is 105 Å². The Balaban J connectivity index is 1.28. The normalized spacial score (nSPS) is 29.4. The van der Waals surface area contributed by atoms with Gasteiger partial charge >= 0.3 is 0 Å². The number of ether oxygens (including phenoxy) is 2. The lowest BCUT2D eigenvalue weighted by atomic mass is 9.68. The van der Waals surface area contributed by atoms with Crippen LogP contribution < -0.4 is 14.4 Å². The first kappa shape index (κ1) is 32.2. The first-order valence-corrected chi connectivity index (χ1v) is 18.7. The molecule has 1 fully saturated rings. The van der Waals surface area contributed by atoms with Gasteiger partial charge in [-0.15, -0.1) is 0 Å². The number of allylic oxidation sites excluding steroid dienone is 1. The highest BCUT2D eigenvalue weighted by atomic mass is 35.5. The standard InChI is InChI=1S/C36H42ClN3O6S/c1-2-28-7-3-4-8-32(45-21-34-38-16-17-44-34)29-12-9-26(29)20-40-22-36(15-5-6-24-18-27(37)11-13-30(24)36)23-46-33-14-10-25(19-31(33)40)35(41)39-47(28,42)43/h4,8,10-11,13-14,16-19,26,28-29,32H,2-3,5-7,9,12,15,20-23H2,1H3,(H,39,41)/b8-4+/t26-,28+,29+,32-,36-/m0/s1. The van der Waals surface area contributed by atoms with Crippen LogP contribution in [0.5, 0.6) is 5.75 Å². The molecule has 0 saturated heterocycles. The first-order chi connectivity index (χ1) is 22.7. The number of oxazole rings is 1. The summed E-state index contributed by atoms with van der Waals surface area (Å²) in [6.07, 6.45) is 13.5. The van der Waals surface area contributed by atoms with Crippen molar-refractivity contribution in [3.8, 4) is 5.75 Å². The lowest BCUT2D eigenvalue weighted by Gasteiger charge is -2.46. The van der Waals surface area contributed by atoms with E-state index in [9.17, 15) is 13.2 Å². The Morgan fingerprint density at radius 2 is 2.06 bits per heavy atom. The molecule has 2 aromatic carbocycles. The predicted molar refractivity (Wildman–Crippen MR) is 180 cm³/mol. The van der Waals surface area contributed by atoms with E-state index in [1.165, 1.54) is 11.1 Å². The molecule has 1 saturated carbocycles. The summed E-state index contributed by atoms with van der Waals surface area (Å²) in [5.74, 6) is 1.19. The molecule has 9 nitrogen and oxygen atoms in total. The molecule has 1 N–H and O–H groups in total. The van der Waals surface area contributed by atoms with Crippen LogP contribution in [-0.4, -0.2) is 50.4 Å². The number of rotatable bonds is 4. The van der Waals surface area contributed by atoms with Gasteiger partial charge in [0.2, 0.25) is 15.9 Å². The van der Waals surface area contributed by atoms with E-state index in [1.54, 1.807) is 18.5 Å². The summed E-state index contributed by atoms with van der Waals surface area (Å²) in [5.41, 5.74) is 3.37. The third-order valence-electron chi connectivity index (χ3n) is 10.6. The quantitative estimate of drug-likeness (QED) is 0.307. The number of nitrogens with one attached hydrogen (secondary N) is 1. The van der Waals surface area contributed by atoms with Crippen molar-refractivity contribution in [1.82, 2.24) is 9.71 Å². The van der Waals surface area contributed by atoms with Crippen LogP contribution in [0.1, 0.15) is 79.2 Å². The van der Waals surface area contributed by atoms with Crippen LogP contribution in [0.15, 0.2) is 65.4 Å². The molecule has 1 amide bonds. The molecule has 3 heterocycles. The Labute approximate surface area is 281 Å². The van der Waals surface area contributed by atoms with Crippen molar-refractivity contribution in [2.75, 3.05) is 24.6 Å². The fourth-order valence-corrected chi connectivity index (χ4v) is 9.59. The average Bonchev–Trinajstić information content (AvgIpc) is 3.51. The second kappa shape index (κ2) is 13.3. The van der Waals surface area contributed by atoms with Gasteiger partial charge in [0.1, 0.15) is 18.6 Å². The molecule has 11 heteroatoms. The average molecular weight is 680 g/mol. The third-order valence-corrected chi connectivity index (χ3v) is 12.8. The molecule has 5 atom stereocenters. The van der Waals surface area contributed by atoms with Crippen molar-refractivity contribution in [3.05, 3.63) is 88.6 Å². The summed E-state index contributed by atoms with van der Waals surface area (Å²) in [6.45, 7) is 4.05. The van der Waals surface area contributed by atoms with Gasteiger partial charge in [-0.2, -0.15) is 0 Å². The number of aryl methyl sites for hydroxylation is 1. The molecule has 3 aromatic rings. The fourth-order valence-electron chi connectivity index (χ4n) is 7.97. The topological polar surface area (TPSA) is 111 Å². The van der Waals surface area contributed by atoms with Gasteiger partial charge in [0.15, 0.2) is 0 Å². The molecule has 0 radical (unpaired) electrons. The second-order valence-electron chi connectivity index (χ2n) is 13.5. The fraction of sp³-hybridized carbons (Fsp3) is 0.500. The van der Waals surface area contributed by atoms with Crippen molar-refractivity contribution in [1.29, 1.82) is 0 Å². The summed E-state index contributed by atoms with van der Waals surface area (Å²) in [6, 6.07) is 11.5. The largest absolute Gasteiger partial charge is 0.490 e. The van der Waals surface area contributed by atoms with Gasteiger partial charge in [0.25, 0.3) is 5.91 Å². The second-order valence-corrected chi connectivity index (χ2v) is 15.9. The van der Waals surface area contributed by atoms with Gasteiger partial charge < -0.3 is 18.8 Å². The number of amides is 1. The summed E-state index contributed by atoms with van der Waals surface area (Å²) >= 11 is 6.44. The summed E-state index contributed by atoms with van der Waals surface area (Å²) in [4.78, 5) is 20.1. The van der Waals surface area contributed by atoms with Gasteiger partial charge in [-0.1, -0.05) is 36.7 Å². The lowest BCUT2D eigenvalue weighted by molar-refractivity contribution is -0.0293. The van der Waals surface area contributed by atoms with E-state index < -0.39 is 21.2 Å². The molecule has 47 heavy (non-hydrogen) atoms. The summed E-state index contributed by atoms with van der Waals surface area (Å²) in [5, 5.41) is 0.0354. The number of aromatic nitrogens is 1. The maximum Gasteiger partial charge on any atom is 0.264 e. The van der Waals surface area contributed by atoms with Gasteiger partial charge in [0, 0.05) is 29.1 Å². The number of nitrogens with zero attached hydrogens (tertiary/aromatic N) is 2. The Hall–Kier alpha value is -3.34. The summed E-state index contributed by atoms with van der Waals surface area (Å²) in [7, 11) is -3.90. The van der Waals surface area contributed by atoms with E-state index in [2.05, 4.69) is 32.8 Å². The van der Waals surface area contributed by atoms with Gasteiger partial charge in [0.05, 0.1) is 29.8 Å². The zero-order chi connectivity index (χ0) is 32.6. The maximum atomic E-state index is 13.5. The minimum Gasteiger partial charge on any atom is -0.490 e. The molecule has 250 valence electrons. The van der Waals surface area contributed by atoms with E-state index in [4.69, 9.17) is 25.5 Å². The van der Waals surface area contributed by atoms with Crippen molar-refractivity contribution >= 4 is 33.2 Å². The van der Waals surface area contributed by atoms with Crippen molar-refractivity contribution in [2.45, 2.75) is 81.7 Å². The SMILES string of the molecule is CC[C@@H]1CC/C=C/[C@H](OCc2ncco2)[C@@H]2CC[C@H]2CN2C[C@@]3(CCCc4cc(Cl)ccc43)COc3ccc(cc32)C(=O)NS1(=O)=O. The Morgan fingerprint density at radius 3 is 2.85 bits per heavy atom. The van der Waals surface area contributed by atoms with Crippen LogP contribution in [0.3, 0.4) is 0 Å². The molecular formula is C36H42ClN3O6S. The number of sulfonamides is 1. The molecule has 0 unspecified atom stereocenters. The molecule has 1 spiro atoms. The van der Waals surface area contributed by atoms with Gasteiger partial charge in [-0.25, -0.2) is 18.1 Å². The third kappa shape index (κ3) is 6.56. The smallest absolute Gasteiger partial charge is 0.264 e. The van der Waals surface area contributed by atoms with Crippen molar-refractivity contribution in [3.63, 3.8) is 0 Å². The van der Waals surface area contributed by atoms with Gasteiger partial charge in [-0.3, -0.25) is 4.79 Å². The molecular weight excluding hydrogens is 638 g/mol. The van der Waals surface area contributed by atoms with E-state index in [1.807, 2.05) is 31.2 Å². The number of hydrogen-bond acceptors (Lipinski definition) is 8. The van der Waals surface area contributed by atoms with Crippen molar-refractivity contribution < 1.29 is 27.1 Å². The number of carbonyl (C=O) groups excluding carboxylic acids is 1. The number of benzene rings is 2. The van der Waals surface area contributed by atoms with Crippen LogP contribution in [0.25, 0.3) is 0 Å². The molecule has 2 bridgehead atoms. The van der Waals surface area contributed by atoms with Crippen LogP contribution in [0.2, 0.25) is 5.02 Å². The highest BCUT2D eigenvalue weighted by Crippen LogP contribution is 2.47. The van der Waals surface area contributed by atoms with Crippen molar-refractivity contribution in [2.24, 2.45) is 11.8 Å². The molecule has 2 aliphatic carbocycles. The number of carbonyl (C=O) groups is 1. The number of fused-ring (bicyclic) bond motifs is 4.